The van der Waals surface area contributed by atoms with Gasteiger partial charge < -0.3 is 5.11 Å². The SMILES string of the molecule is Cc1cscc1-c1ccc(O)c(C(C)C)c1. The van der Waals surface area contributed by atoms with Gasteiger partial charge in [0.15, 0.2) is 0 Å². The molecule has 0 unspecified atom stereocenters. The first-order valence-corrected chi connectivity index (χ1v) is 6.40. The van der Waals surface area contributed by atoms with Crippen molar-refractivity contribution in [3.05, 3.63) is 40.1 Å². The maximum absolute atomic E-state index is 9.77. The lowest BCUT2D eigenvalue weighted by Crippen LogP contribution is -1.89. The fourth-order valence-corrected chi connectivity index (χ4v) is 2.70. The maximum atomic E-state index is 9.77. The average molecular weight is 232 g/mol. The van der Waals surface area contributed by atoms with E-state index in [0.717, 1.165) is 5.56 Å². The van der Waals surface area contributed by atoms with Gasteiger partial charge in [-0.05, 0) is 58.0 Å². The van der Waals surface area contributed by atoms with E-state index in [9.17, 15) is 5.11 Å². The van der Waals surface area contributed by atoms with Crippen LogP contribution in [0.25, 0.3) is 11.1 Å². The normalized spacial score (nSPS) is 11.0. The minimum Gasteiger partial charge on any atom is -0.508 e. The van der Waals surface area contributed by atoms with Crippen molar-refractivity contribution in [2.24, 2.45) is 0 Å². The lowest BCUT2D eigenvalue weighted by atomic mass is 9.96. The molecule has 1 aromatic heterocycles. The zero-order chi connectivity index (χ0) is 11.7. The van der Waals surface area contributed by atoms with Crippen molar-refractivity contribution in [1.29, 1.82) is 0 Å². The summed E-state index contributed by atoms with van der Waals surface area (Å²) in [6, 6.07) is 5.87. The number of rotatable bonds is 2. The smallest absolute Gasteiger partial charge is 0.119 e. The number of hydrogen-bond acceptors (Lipinski definition) is 2. The summed E-state index contributed by atoms with van der Waals surface area (Å²) in [5.41, 5.74) is 4.78. The first-order chi connectivity index (χ1) is 7.59. The summed E-state index contributed by atoms with van der Waals surface area (Å²) in [5.74, 6) is 0.741. The Morgan fingerprint density at radius 3 is 2.50 bits per heavy atom. The van der Waals surface area contributed by atoms with Crippen LogP contribution in [0.4, 0.5) is 0 Å². The number of hydrogen-bond donors (Lipinski definition) is 1. The Kier molecular flexibility index (Phi) is 3.01. The van der Waals surface area contributed by atoms with E-state index in [1.165, 1.54) is 16.7 Å². The molecule has 1 N–H and O–H groups in total. The quantitative estimate of drug-likeness (QED) is 0.805. The summed E-state index contributed by atoms with van der Waals surface area (Å²) in [6.07, 6.45) is 0. The van der Waals surface area contributed by atoms with Crippen LogP contribution in [0.1, 0.15) is 30.9 Å². The zero-order valence-electron chi connectivity index (χ0n) is 9.82. The molecule has 1 aromatic carbocycles. The van der Waals surface area contributed by atoms with Gasteiger partial charge in [-0.25, -0.2) is 0 Å². The van der Waals surface area contributed by atoms with Crippen molar-refractivity contribution in [2.75, 3.05) is 0 Å². The molecule has 0 aliphatic carbocycles. The molecule has 2 aromatic rings. The number of aryl methyl sites for hydroxylation is 1. The minimum absolute atomic E-state index is 0.346. The van der Waals surface area contributed by atoms with Crippen LogP contribution in [0, 0.1) is 6.92 Å². The van der Waals surface area contributed by atoms with Gasteiger partial charge in [0.2, 0.25) is 0 Å². The molecule has 1 heterocycles. The van der Waals surface area contributed by atoms with Gasteiger partial charge in [0.1, 0.15) is 5.75 Å². The standard InChI is InChI=1S/C14H16OS/c1-9(2)12-6-11(4-5-14(12)15)13-8-16-7-10(13)3/h4-9,15H,1-3H3. The Bertz CT molecular complexity index is 497. The Labute approximate surface area is 100 Å². The monoisotopic (exact) mass is 232 g/mol. The van der Waals surface area contributed by atoms with Gasteiger partial charge in [-0.3, -0.25) is 0 Å². The molecule has 0 saturated carbocycles. The Morgan fingerprint density at radius 1 is 1.19 bits per heavy atom. The number of benzene rings is 1. The van der Waals surface area contributed by atoms with Gasteiger partial charge in [-0.15, -0.1) is 0 Å². The summed E-state index contributed by atoms with van der Waals surface area (Å²) < 4.78 is 0. The third-order valence-electron chi connectivity index (χ3n) is 2.82. The molecular formula is C14H16OS. The highest BCUT2D eigenvalue weighted by atomic mass is 32.1. The van der Waals surface area contributed by atoms with E-state index in [2.05, 4.69) is 37.6 Å². The molecule has 0 amide bonds. The van der Waals surface area contributed by atoms with E-state index >= 15 is 0 Å². The van der Waals surface area contributed by atoms with Crippen LogP contribution in [0.5, 0.6) is 5.75 Å². The minimum atomic E-state index is 0.346. The average Bonchev–Trinajstić information content (AvgIpc) is 2.65. The van der Waals surface area contributed by atoms with Gasteiger partial charge in [-0.2, -0.15) is 11.3 Å². The Morgan fingerprint density at radius 2 is 1.94 bits per heavy atom. The van der Waals surface area contributed by atoms with Gasteiger partial charge >= 0.3 is 0 Å². The molecule has 0 fully saturated rings. The van der Waals surface area contributed by atoms with Crippen molar-refractivity contribution in [2.45, 2.75) is 26.7 Å². The van der Waals surface area contributed by atoms with Gasteiger partial charge in [0.05, 0.1) is 0 Å². The molecule has 0 bridgehead atoms. The summed E-state index contributed by atoms with van der Waals surface area (Å²) in [4.78, 5) is 0. The fraction of sp³-hybridized carbons (Fsp3) is 0.286. The van der Waals surface area contributed by atoms with Crippen molar-refractivity contribution in [3.8, 4) is 16.9 Å². The summed E-state index contributed by atoms with van der Waals surface area (Å²) in [5, 5.41) is 14.1. The number of aromatic hydroxyl groups is 1. The van der Waals surface area contributed by atoms with Crippen LogP contribution in [-0.2, 0) is 0 Å². The second kappa shape index (κ2) is 4.30. The summed E-state index contributed by atoms with van der Waals surface area (Å²) in [7, 11) is 0. The van der Waals surface area contributed by atoms with Crippen LogP contribution in [0.15, 0.2) is 29.0 Å². The van der Waals surface area contributed by atoms with Gasteiger partial charge in [0, 0.05) is 0 Å². The first-order valence-electron chi connectivity index (χ1n) is 5.45. The molecule has 1 nitrogen and oxygen atoms in total. The van der Waals surface area contributed by atoms with Crippen LogP contribution in [0.3, 0.4) is 0 Å². The van der Waals surface area contributed by atoms with E-state index in [0.29, 0.717) is 11.7 Å². The molecule has 0 atom stereocenters. The lowest BCUT2D eigenvalue weighted by Gasteiger charge is -2.10. The number of phenolic OH excluding ortho intramolecular Hbond substituents is 1. The summed E-state index contributed by atoms with van der Waals surface area (Å²) >= 11 is 1.72. The highest BCUT2D eigenvalue weighted by Gasteiger charge is 2.09. The van der Waals surface area contributed by atoms with Crippen LogP contribution >= 0.6 is 11.3 Å². The van der Waals surface area contributed by atoms with E-state index in [-0.39, 0.29) is 0 Å². The molecule has 2 heteroatoms. The van der Waals surface area contributed by atoms with E-state index < -0.39 is 0 Å². The molecule has 0 saturated heterocycles. The maximum Gasteiger partial charge on any atom is 0.119 e. The predicted octanol–water partition coefficient (Wildman–Crippen LogP) is 4.55. The highest BCUT2D eigenvalue weighted by Crippen LogP contribution is 2.33. The van der Waals surface area contributed by atoms with Crippen LogP contribution in [0.2, 0.25) is 0 Å². The molecule has 0 radical (unpaired) electrons. The zero-order valence-corrected chi connectivity index (χ0v) is 10.6. The molecule has 0 aliphatic rings. The van der Waals surface area contributed by atoms with Crippen molar-refractivity contribution in [1.82, 2.24) is 0 Å². The van der Waals surface area contributed by atoms with Gasteiger partial charge in [0.25, 0.3) is 0 Å². The van der Waals surface area contributed by atoms with E-state index in [1.807, 2.05) is 6.07 Å². The molecular weight excluding hydrogens is 216 g/mol. The summed E-state index contributed by atoms with van der Waals surface area (Å²) in [6.45, 7) is 6.31. The molecule has 84 valence electrons. The third-order valence-corrected chi connectivity index (χ3v) is 3.68. The van der Waals surface area contributed by atoms with Crippen molar-refractivity contribution < 1.29 is 5.11 Å². The lowest BCUT2D eigenvalue weighted by molar-refractivity contribution is 0.465. The van der Waals surface area contributed by atoms with Gasteiger partial charge in [-0.1, -0.05) is 19.9 Å². The molecule has 2 rings (SSSR count). The van der Waals surface area contributed by atoms with E-state index in [1.54, 1.807) is 17.4 Å². The predicted molar refractivity (Wildman–Crippen MR) is 70.2 cm³/mol. The highest BCUT2D eigenvalue weighted by molar-refractivity contribution is 7.08. The topological polar surface area (TPSA) is 20.2 Å². The second-order valence-electron chi connectivity index (χ2n) is 4.40. The third kappa shape index (κ3) is 1.98. The molecule has 16 heavy (non-hydrogen) atoms. The largest absolute Gasteiger partial charge is 0.508 e. The number of thiophene rings is 1. The fourth-order valence-electron chi connectivity index (χ4n) is 1.84. The molecule has 0 aliphatic heterocycles. The van der Waals surface area contributed by atoms with Crippen LogP contribution in [-0.4, -0.2) is 5.11 Å². The van der Waals surface area contributed by atoms with Crippen LogP contribution < -0.4 is 0 Å². The van der Waals surface area contributed by atoms with Crippen molar-refractivity contribution in [3.63, 3.8) is 0 Å². The van der Waals surface area contributed by atoms with Crippen molar-refractivity contribution >= 4 is 11.3 Å². The Balaban J connectivity index is 2.52. The first kappa shape index (κ1) is 11.2. The van der Waals surface area contributed by atoms with E-state index in [4.69, 9.17) is 0 Å². The second-order valence-corrected chi connectivity index (χ2v) is 5.14. The number of phenols is 1. The molecule has 0 spiro atoms. The Hall–Kier alpha value is -1.28.